The number of hydrogen-bond donors (Lipinski definition) is 0. The maximum absolute atomic E-state index is 6.34. The Hall–Kier alpha value is -4.68. The van der Waals surface area contributed by atoms with Crippen molar-refractivity contribution in [3.63, 3.8) is 0 Å². The Bertz CT molecular complexity index is 2530. The van der Waals surface area contributed by atoms with Gasteiger partial charge in [-0.25, -0.2) is 4.99 Å². The first-order chi connectivity index (χ1) is 47.0. The van der Waals surface area contributed by atoms with E-state index in [9.17, 15) is 0 Å². The van der Waals surface area contributed by atoms with E-state index in [1.165, 1.54) is 282 Å². The molecule has 2 aromatic carbocycles. The second kappa shape index (κ2) is 65.3. The van der Waals surface area contributed by atoms with Crippen molar-refractivity contribution in [2.45, 2.75) is 435 Å². The predicted molar refractivity (Wildman–Crippen MR) is 428 cm³/mol. The third kappa shape index (κ3) is 44.8. The largest absolute Gasteiger partial charge is 0.251 e. The van der Waals surface area contributed by atoms with Gasteiger partial charge in [0, 0.05) is 64.2 Å². The first-order valence-corrected chi connectivity index (χ1v) is 41.4. The number of hydrogen-bond acceptors (Lipinski definition) is 2. The molecule has 95 heavy (non-hydrogen) atoms. The molecule has 0 heterocycles. The summed E-state index contributed by atoms with van der Waals surface area (Å²) >= 11 is 0. The van der Waals surface area contributed by atoms with Gasteiger partial charge < -0.3 is 0 Å². The normalized spacial score (nSPS) is 11.4. The van der Waals surface area contributed by atoms with Gasteiger partial charge in [-0.2, -0.15) is 0 Å². The van der Waals surface area contributed by atoms with Crippen LogP contribution in [-0.4, -0.2) is 11.4 Å². The molecule has 0 bridgehead atoms. The third-order valence-corrected chi connectivity index (χ3v) is 19.0. The summed E-state index contributed by atoms with van der Waals surface area (Å²) in [5.74, 6) is 37.2. The first kappa shape index (κ1) is 86.4. The standard InChI is InChI=1S/C93H148N2/c1-10-19-28-34-40-46-47-48-49-50-56-62-70-79-91(94-85-81-80-83(71-63-25-16-7)84(82-85)72-64-26-17-8)92(78-27-18-9)95-93-89(76-68-60-54-44-38-32-23-14-5)87(74-66-58-52-42-36-30-21-12-3)86(73-65-57-51-41-35-29-20-11-2)88(75-67-59-53-43-37-31-22-13-4)90(93)77-69-61-55-45-39-33-24-15-6/h70,79-82H,10-50,56,62-69,71-78H2,1-9H3/b79-70+,94-91?,95-92?. The van der Waals surface area contributed by atoms with Crippen LogP contribution in [0.3, 0.4) is 0 Å². The molecule has 0 N–H and O–H groups in total. The Morgan fingerprint density at radius 2 is 0.589 bits per heavy atom. The van der Waals surface area contributed by atoms with E-state index < -0.39 is 0 Å². The molecule has 530 valence electrons. The van der Waals surface area contributed by atoms with Crippen LogP contribution in [0.15, 0.2) is 40.3 Å². The summed E-state index contributed by atoms with van der Waals surface area (Å²) in [6, 6.07) is 7.25. The molecule has 0 saturated heterocycles. The molecule has 0 aromatic heterocycles. The maximum Gasteiger partial charge on any atom is 0.0848 e. The summed E-state index contributed by atoms with van der Waals surface area (Å²) in [6.45, 7) is 20.8. The third-order valence-electron chi connectivity index (χ3n) is 19.0. The second-order valence-corrected chi connectivity index (χ2v) is 27.8. The summed E-state index contributed by atoms with van der Waals surface area (Å²) in [5.41, 5.74) is 14.7. The lowest BCUT2D eigenvalue weighted by Gasteiger charge is -2.25. The molecule has 0 spiro atoms. The second-order valence-electron chi connectivity index (χ2n) is 27.8. The zero-order valence-corrected chi connectivity index (χ0v) is 64.3. The van der Waals surface area contributed by atoms with Gasteiger partial charge in [-0.1, -0.05) is 267 Å². The number of nitrogens with zero attached hydrogens (tertiary/aromatic N) is 2. The highest BCUT2D eigenvalue weighted by Crippen LogP contribution is 2.40. The zero-order valence-electron chi connectivity index (χ0n) is 64.3. The highest BCUT2D eigenvalue weighted by Gasteiger charge is 2.24. The van der Waals surface area contributed by atoms with E-state index in [4.69, 9.17) is 9.98 Å². The summed E-state index contributed by atoms with van der Waals surface area (Å²) < 4.78 is 0. The fourth-order valence-corrected chi connectivity index (χ4v) is 13.1. The van der Waals surface area contributed by atoms with Crippen LogP contribution in [-0.2, 0) is 44.9 Å². The Morgan fingerprint density at radius 1 is 0.284 bits per heavy atom. The van der Waals surface area contributed by atoms with Crippen LogP contribution < -0.4 is 0 Å². The molecule has 0 aliphatic carbocycles. The van der Waals surface area contributed by atoms with Crippen molar-refractivity contribution in [3.8, 4) is 59.2 Å². The Kier molecular flexibility index (Phi) is 59.4. The number of allylic oxidation sites excluding steroid dienone is 2. The van der Waals surface area contributed by atoms with Gasteiger partial charge in [-0.3, -0.25) is 4.99 Å². The Morgan fingerprint density at radius 3 is 0.968 bits per heavy atom. The summed E-state index contributed by atoms with van der Waals surface area (Å²) in [7, 11) is 0. The van der Waals surface area contributed by atoms with E-state index in [-0.39, 0.29) is 0 Å². The minimum atomic E-state index is 0.818. The SMILES string of the molecule is CCCCCCC#CCCc1c(CCC#CCCCCCC)c(CCC#CCCCCCC)c(N=C(CCCC)C(/C=C/CCCCCCCCCCCCC)=Nc2ccc(CCCCC)c(CCCCC)c2)c(CCC#CCCCCCC)c1CCC#CCCCCCC. The van der Waals surface area contributed by atoms with Crippen LogP contribution in [0, 0.1) is 59.2 Å². The van der Waals surface area contributed by atoms with Crippen LogP contribution >= 0.6 is 0 Å². The van der Waals surface area contributed by atoms with Crippen LogP contribution in [0.5, 0.6) is 0 Å². The van der Waals surface area contributed by atoms with E-state index >= 15 is 0 Å². The summed E-state index contributed by atoms with van der Waals surface area (Å²) in [4.78, 5) is 12.2. The van der Waals surface area contributed by atoms with E-state index in [2.05, 4.69) is 152 Å². The molecule has 0 atom stereocenters. The van der Waals surface area contributed by atoms with Crippen molar-refractivity contribution >= 4 is 22.8 Å². The molecular weight excluding hydrogens is 1150 g/mol. The number of unbranched alkanes of at least 4 members (excludes halogenated alkanes) is 36. The molecular formula is C93H148N2. The zero-order chi connectivity index (χ0) is 68.4. The van der Waals surface area contributed by atoms with Crippen LogP contribution in [0.1, 0.15) is 429 Å². The quantitative estimate of drug-likeness (QED) is 0.0358. The van der Waals surface area contributed by atoms with Gasteiger partial charge in [0.1, 0.15) is 0 Å². The van der Waals surface area contributed by atoms with Gasteiger partial charge >= 0.3 is 0 Å². The van der Waals surface area contributed by atoms with Crippen LogP contribution in [0.25, 0.3) is 0 Å². The Balaban J connectivity index is 3.33. The Labute approximate surface area is 592 Å². The molecule has 0 aliphatic rings. The maximum atomic E-state index is 6.34. The highest BCUT2D eigenvalue weighted by molar-refractivity contribution is 6.47. The molecule has 0 unspecified atom stereocenters. The smallest absolute Gasteiger partial charge is 0.0848 e. The molecule has 0 aliphatic heterocycles. The first-order valence-electron chi connectivity index (χ1n) is 41.4. The number of aryl methyl sites for hydroxylation is 2. The van der Waals surface area contributed by atoms with Crippen LogP contribution in [0.4, 0.5) is 11.4 Å². The van der Waals surface area contributed by atoms with E-state index in [0.29, 0.717) is 0 Å². The number of aliphatic imine (C=N–C) groups is 2. The average molecular weight is 1290 g/mol. The lowest BCUT2D eigenvalue weighted by atomic mass is 9.81. The molecule has 0 saturated carbocycles. The minimum absolute atomic E-state index is 0.818. The number of rotatable bonds is 57. The molecule has 0 amide bonds. The summed E-state index contributed by atoms with van der Waals surface area (Å²) in [5, 5.41) is 0. The van der Waals surface area contributed by atoms with Crippen molar-refractivity contribution < 1.29 is 0 Å². The lowest BCUT2D eigenvalue weighted by Crippen LogP contribution is -2.15. The molecule has 0 radical (unpaired) electrons. The van der Waals surface area contributed by atoms with E-state index in [1.54, 1.807) is 0 Å². The monoisotopic (exact) mass is 1290 g/mol. The fourth-order valence-electron chi connectivity index (χ4n) is 13.1. The van der Waals surface area contributed by atoms with Crippen molar-refractivity contribution in [2.24, 2.45) is 9.98 Å². The summed E-state index contributed by atoms with van der Waals surface area (Å²) in [6.07, 6.45) is 72.1. The van der Waals surface area contributed by atoms with Gasteiger partial charge in [0.25, 0.3) is 0 Å². The van der Waals surface area contributed by atoms with E-state index in [0.717, 1.165) is 152 Å². The van der Waals surface area contributed by atoms with Gasteiger partial charge in [0.2, 0.25) is 0 Å². The van der Waals surface area contributed by atoms with Gasteiger partial charge in [-0.15, -0.1) is 59.2 Å². The average Bonchev–Trinajstić information content (AvgIpc) is 0.770. The molecule has 0 fully saturated rings. The van der Waals surface area contributed by atoms with Crippen molar-refractivity contribution in [1.29, 1.82) is 0 Å². The van der Waals surface area contributed by atoms with Crippen molar-refractivity contribution in [3.05, 3.63) is 69.3 Å². The van der Waals surface area contributed by atoms with Crippen LogP contribution in [0.2, 0.25) is 0 Å². The molecule has 2 rings (SSSR count). The number of benzene rings is 2. The lowest BCUT2D eigenvalue weighted by molar-refractivity contribution is 0.550. The van der Waals surface area contributed by atoms with Crippen molar-refractivity contribution in [1.82, 2.24) is 0 Å². The minimum Gasteiger partial charge on any atom is -0.251 e. The van der Waals surface area contributed by atoms with Gasteiger partial charge in [0.05, 0.1) is 22.8 Å². The molecule has 2 nitrogen and oxygen atoms in total. The fraction of sp³-hybridized carbons (Fsp3) is 0.720. The van der Waals surface area contributed by atoms with Gasteiger partial charge in [-0.05, 0) is 173 Å². The van der Waals surface area contributed by atoms with E-state index in [1.807, 2.05) is 0 Å². The van der Waals surface area contributed by atoms with Gasteiger partial charge in [0.15, 0.2) is 0 Å². The molecule has 2 heteroatoms. The topological polar surface area (TPSA) is 24.7 Å². The van der Waals surface area contributed by atoms with Crippen molar-refractivity contribution in [2.75, 3.05) is 0 Å². The predicted octanol–water partition coefficient (Wildman–Crippen LogP) is 29.0. The molecule has 2 aromatic rings. The highest BCUT2D eigenvalue weighted by atomic mass is 14.8.